The molecule has 0 bridgehead atoms. The zero-order chi connectivity index (χ0) is 15.4. The fourth-order valence-corrected chi connectivity index (χ4v) is 1.96. The predicted octanol–water partition coefficient (Wildman–Crippen LogP) is 3.63. The van der Waals surface area contributed by atoms with E-state index < -0.39 is 0 Å². The van der Waals surface area contributed by atoms with E-state index >= 15 is 0 Å². The molecule has 3 rings (SSSR count). The van der Waals surface area contributed by atoms with E-state index in [4.69, 9.17) is 11.8 Å². The van der Waals surface area contributed by atoms with Gasteiger partial charge < -0.3 is 0 Å². The molecule has 5 nitrogen and oxygen atoms in total. The molecule has 0 unspecified atom stereocenters. The number of nitrogens with zero attached hydrogens (tertiary/aromatic N) is 5. The standard InChI is InChI=1S/C17H9N5/c1-19-14-5-2-12(3-6-14)16-7-4-13(9-21-16)17-11-20-15(8-18)10-22-17/h2-7,9-11H. The fourth-order valence-electron chi connectivity index (χ4n) is 1.96. The van der Waals surface area contributed by atoms with Gasteiger partial charge >= 0.3 is 0 Å². The lowest BCUT2D eigenvalue weighted by molar-refractivity contribution is 1.16. The molecule has 0 fully saturated rings. The molecule has 0 aliphatic heterocycles. The molecular weight excluding hydrogens is 274 g/mol. The van der Waals surface area contributed by atoms with E-state index in [0.29, 0.717) is 11.4 Å². The minimum Gasteiger partial charge on any atom is -0.256 e. The molecule has 5 heteroatoms. The smallest absolute Gasteiger partial charge is 0.187 e. The Morgan fingerprint density at radius 2 is 1.55 bits per heavy atom. The van der Waals surface area contributed by atoms with Crippen molar-refractivity contribution in [2.75, 3.05) is 0 Å². The van der Waals surface area contributed by atoms with Crippen LogP contribution < -0.4 is 0 Å². The molecule has 102 valence electrons. The zero-order valence-corrected chi connectivity index (χ0v) is 11.4. The molecule has 22 heavy (non-hydrogen) atoms. The van der Waals surface area contributed by atoms with Crippen LogP contribution in [0.4, 0.5) is 5.69 Å². The third-order valence-electron chi connectivity index (χ3n) is 3.12. The van der Waals surface area contributed by atoms with Gasteiger partial charge in [0.05, 0.1) is 30.4 Å². The lowest BCUT2D eigenvalue weighted by Crippen LogP contribution is -1.90. The lowest BCUT2D eigenvalue weighted by atomic mass is 10.1. The summed E-state index contributed by atoms with van der Waals surface area (Å²) in [6.07, 6.45) is 4.71. The summed E-state index contributed by atoms with van der Waals surface area (Å²) in [5.74, 6) is 0. The Morgan fingerprint density at radius 3 is 2.09 bits per heavy atom. The second-order valence-electron chi connectivity index (χ2n) is 4.49. The molecule has 2 heterocycles. The second-order valence-corrected chi connectivity index (χ2v) is 4.49. The van der Waals surface area contributed by atoms with Gasteiger partial charge in [-0.25, -0.2) is 9.83 Å². The van der Waals surface area contributed by atoms with Gasteiger partial charge in [-0.15, -0.1) is 0 Å². The first kappa shape index (κ1) is 13.4. The summed E-state index contributed by atoms with van der Waals surface area (Å²) in [7, 11) is 0. The van der Waals surface area contributed by atoms with Crippen LogP contribution in [0.2, 0.25) is 0 Å². The Balaban J connectivity index is 1.88. The lowest BCUT2D eigenvalue weighted by Gasteiger charge is -2.03. The minimum atomic E-state index is 0.285. The van der Waals surface area contributed by atoms with Crippen LogP contribution in [0.25, 0.3) is 27.4 Å². The Hall–Kier alpha value is -3.57. The number of hydrogen-bond acceptors (Lipinski definition) is 4. The van der Waals surface area contributed by atoms with E-state index in [0.717, 1.165) is 16.8 Å². The second kappa shape index (κ2) is 5.82. The summed E-state index contributed by atoms with van der Waals surface area (Å²) in [5.41, 5.74) is 4.16. The molecule has 3 aromatic rings. The molecule has 1 aromatic carbocycles. The van der Waals surface area contributed by atoms with Crippen LogP contribution in [0, 0.1) is 17.9 Å². The van der Waals surface area contributed by atoms with Crippen molar-refractivity contribution in [3.05, 3.63) is 72.1 Å². The van der Waals surface area contributed by atoms with Gasteiger partial charge in [0.1, 0.15) is 6.07 Å². The third kappa shape index (κ3) is 2.65. The Labute approximate surface area is 127 Å². The summed E-state index contributed by atoms with van der Waals surface area (Å²) in [5, 5.41) is 8.72. The fraction of sp³-hybridized carbons (Fsp3) is 0. The topological polar surface area (TPSA) is 66.8 Å². The minimum absolute atomic E-state index is 0.285. The summed E-state index contributed by atoms with van der Waals surface area (Å²) in [4.78, 5) is 16.0. The molecule has 0 N–H and O–H groups in total. The molecule has 0 saturated heterocycles. The first-order chi connectivity index (χ1) is 10.8. The zero-order valence-electron chi connectivity index (χ0n) is 11.4. The molecule has 0 aliphatic rings. The number of rotatable bonds is 2. The van der Waals surface area contributed by atoms with Gasteiger partial charge in [-0.05, 0) is 17.7 Å². The van der Waals surface area contributed by atoms with Crippen molar-refractivity contribution >= 4 is 5.69 Å². The van der Waals surface area contributed by atoms with Crippen molar-refractivity contribution in [2.24, 2.45) is 0 Å². The molecule has 0 aliphatic carbocycles. The highest BCUT2D eigenvalue weighted by molar-refractivity contribution is 5.66. The number of hydrogen-bond donors (Lipinski definition) is 0. The van der Waals surface area contributed by atoms with Crippen LogP contribution in [-0.4, -0.2) is 15.0 Å². The van der Waals surface area contributed by atoms with E-state index in [-0.39, 0.29) is 5.69 Å². The van der Waals surface area contributed by atoms with Gasteiger partial charge in [0.2, 0.25) is 0 Å². The first-order valence-corrected chi connectivity index (χ1v) is 6.46. The van der Waals surface area contributed by atoms with Crippen LogP contribution in [0.3, 0.4) is 0 Å². The summed E-state index contributed by atoms with van der Waals surface area (Å²) < 4.78 is 0. The van der Waals surface area contributed by atoms with Crippen molar-refractivity contribution < 1.29 is 0 Å². The molecule has 0 amide bonds. The van der Waals surface area contributed by atoms with Crippen molar-refractivity contribution in [1.29, 1.82) is 5.26 Å². The SMILES string of the molecule is [C-]#[N+]c1ccc(-c2ccc(-c3cnc(C#N)cn3)cn2)cc1. The van der Waals surface area contributed by atoms with Gasteiger partial charge in [0.15, 0.2) is 11.4 Å². The highest BCUT2D eigenvalue weighted by atomic mass is 14.8. The van der Waals surface area contributed by atoms with Gasteiger partial charge in [-0.1, -0.05) is 24.3 Å². The summed E-state index contributed by atoms with van der Waals surface area (Å²) >= 11 is 0. The van der Waals surface area contributed by atoms with E-state index in [2.05, 4.69) is 19.8 Å². The third-order valence-corrected chi connectivity index (χ3v) is 3.12. The first-order valence-electron chi connectivity index (χ1n) is 6.46. The predicted molar refractivity (Wildman–Crippen MR) is 81.7 cm³/mol. The number of pyridine rings is 1. The van der Waals surface area contributed by atoms with Crippen LogP contribution >= 0.6 is 0 Å². The molecule has 0 saturated carbocycles. The Morgan fingerprint density at radius 1 is 0.818 bits per heavy atom. The van der Waals surface area contributed by atoms with E-state index in [1.807, 2.05) is 30.3 Å². The average Bonchev–Trinajstić information content (AvgIpc) is 2.62. The van der Waals surface area contributed by atoms with Gasteiger partial charge in [0, 0.05) is 11.8 Å². The van der Waals surface area contributed by atoms with Crippen molar-refractivity contribution in [3.63, 3.8) is 0 Å². The molecule has 0 radical (unpaired) electrons. The maximum atomic E-state index is 8.72. The van der Waals surface area contributed by atoms with Crippen LogP contribution in [-0.2, 0) is 0 Å². The quantitative estimate of drug-likeness (QED) is 0.673. The molecule has 2 aromatic heterocycles. The highest BCUT2D eigenvalue weighted by Crippen LogP contribution is 2.23. The number of aromatic nitrogens is 3. The van der Waals surface area contributed by atoms with Crippen molar-refractivity contribution in [1.82, 2.24) is 15.0 Å². The largest absolute Gasteiger partial charge is 0.256 e. The number of nitriles is 1. The maximum Gasteiger partial charge on any atom is 0.187 e. The Kier molecular flexibility index (Phi) is 3.55. The van der Waals surface area contributed by atoms with Crippen LogP contribution in [0.1, 0.15) is 5.69 Å². The number of benzene rings is 1. The van der Waals surface area contributed by atoms with E-state index in [1.54, 1.807) is 24.5 Å². The van der Waals surface area contributed by atoms with Crippen molar-refractivity contribution in [3.8, 4) is 28.6 Å². The monoisotopic (exact) mass is 283 g/mol. The van der Waals surface area contributed by atoms with Gasteiger partial charge in [-0.2, -0.15) is 5.26 Å². The molecular formula is C17H9N5. The molecule has 0 atom stereocenters. The summed E-state index contributed by atoms with van der Waals surface area (Å²) in [6, 6.07) is 13.0. The maximum absolute atomic E-state index is 8.72. The molecule has 0 spiro atoms. The van der Waals surface area contributed by atoms with E-state index in [1.165, 1.54) is 6.20 Å². The normalized spacial score (nSPS) is 9.73. The summed E-state index contributed by atoms with van der Waals surface area (Å²) in [6.45, 7) is 6.95. The van der Waals surface area contributed by atoms with Gasteiger partial charge in [-0.3, -0.25) is 9.97 Å². The average molecular weight is 283 g/mol. The Bertz CT molecular complexity index is 790. The highest BCUT2D eigenvalue weighted by Gasteiger charge is 2.04. The van der Waals surface area contributed by atoms with Crippen molar-refractivity contribution in [2.45, 2.75) is 0 Å². The van der Waals surface area contributed by atoms with E-state index in [9.17, 15) is 0 Å². The van der Waals surface area contributed by atoms with Gasteiger partial charge in [0.25, 0.3) is 0 Å². The van der Waals surface area contributed by atoms with Crippen LogP contribution in [0.5, 0.6) is 0 Å². The van der Waals surface area contributed by atoms with Crippen LogP contribution in [0.15, 0.2) is 55.0 Å².